The van der Waals surface area contributed by atoms with Crippen LogP contribution >= 0.6 is 11.3 Å². The first kappa shape index (κ1) is 17.9. The average molecular weight is 380 g/mol. The molecule has 1 heterocycles. The number of carbonyl (C=O) groups is 1. The van der Waals surface area contributed by atoms with Gasteiger partial charge in [0.05, 0.1) is 21.1 Å². The molecule has 3 aromatic rings. The molecule has 3 nitrogen and oxygen atoms in total. The Morgan fingerprint density at radius 2 is 1.89 bits per heavy atom. The molecule has 0 bridgehead atoms. The summed E-state index contributed by atoms with van der Waals surface area (Å²) in [7, 11) is 0. The van der Waals surface area contributed by atoms with Crippen molar-refractivity contribution < 1.29 is 9.18 Å². The van der Waals surface area contributed by atoms with Crippen molar-refractivity contribution in [2.45, 2.75) is 25.2 Å². The zero-order valence-corrected chi connectivity index (χ0v) is 15.7. The lowest BCUT2D eigenvalue weighted by atomic mass is 9.82. The number of allylic oxidation sites excluding steroid dienone is 2. The Morgan fingerprint density at radius 3 is 2.74 bits per heavy atom. The lowest BCUT2D eigenvalue weighted by Gasteiger charge is -2.26. The van der Waals surface area contributed by atoms with E-state index in [4.69, 9.17) is 4.98 Å². The van der Waals surface area contributed by atoms with E-state index in [1.165, 1.54) is 6.07 Å². The largest absolute Gasteiger partial charge is 0.355 e. The van der Waals surface area contributed by atoms with E-state index >= 15 is 0 Å². The molecule has 0 aliphatic heterocycles. The van der Waals surface area contributed by atoms with Crippen molar-refractivity contribution in [3.05, 3.63) is 77.1 Å². The molecule has 4 rings (SSSR count). The van der Waals surface area contributed by atoms with E-state index in [1.54, 1.807) is 23.5 Å². The predicted molar refractivity (Wildman–Crippen MR) is 107 cm³/mol. The van der Waals surface area contributed by atoms with Crippen molar-refractivity contribution in [1.29, 1.82) is 0 Å². The average Bonchev–Trinajstić information content (AvgIpc) is 3.13. The second-order valence-corrected chi connectivity index (χ2v) is 7.87. The van der Waals surface area contributed by atoms with Gasteiger partial charge in [0, 0.05) is 12.5 Å². The Balaban J connectivity index is 1.44. The van der Waals surface area contributed by atoms with Crippen LogP contribution in [0.15, 0.2) is 60.7 Å². The van der Waals surface area contributed by atoms with E-state index in [0.717, 1.165) is 21.6 Å². The van der Waals surface area contributed by atoms with Crippen molar-refractivity contribution >= 4 is 27.5 Å². The van der Waals surface area contributed by atoms with Crippen molar-refractivity contribution in [1.82, 2.24) is 10.3 Å². The van der Waals surface area contributed by atoms with E-state index in [0.29, 0.717) is 24.9 Å². The molecule has 2 aromatic carbocycles. The maximum absolute atomic E-state index is 13.7. The molecule has 0 spiro atoms. The Labute approximate surface area is 161 Å². The van der Waals surface area contributed by atoms with Gasteiger partial charge in [0.1, 0.15) is 5.82 Å². The van der Waals surface area contributed by atoms with Crippen LogP contribution in [-0.4, -0.2) is 17.4 Å². The fraction of sp³-hybridized carbons (Fsp3) is 0.273. The SMILES string of the molecule is O=C(NCCc1ccccc1F)C1CC=CCC1c1nc2ccccc2s1. The summed E-state index contributed by atoms with van der Waals surface area (Å²) in [5, 5.41) is 4.02. The molecule has 2 atom stereocenters. The maximum atomic E-state index is 13.7. The number of amides is 1. The molecule has 1 amide bonds. The fourth-order valence-electron chi connectivity index (χ4n) is 3.58. The van der Waals surface area contributed by atoms with Crippen molar-refractivity contribution in [2.24, 2.45) is 5.92 Å². The Morgan fingerprint density at radius 1 is 1.11 bits per heavy atom. The number of para-hydroxylation sites is 1. The number of fused-ring (bicyclic) bond motifs is 1. The van der Waals surface area contributed by atoms with Crippen molar-refractivity contribution in [3.63, 3.8) is 0 Å². The van der Waals surface area contributed by atoms with E-state index in [-0.39, 0.29) is 23.6 Å². The zero-order valence-electron chi connectivity index (χ0n) is 14.9. The number of nitrogens with one attached hydrogen (secondary N) is 1. The van der Waals surface area contributed by atoms with Gasteiger partial charge >= 0.3 is 0 Å². The van der Waals surface area contributed by atoms with Crippen LogP contribution in [0.5, 0.6) is 0 Å². The summed E-state index contributed by atoms with van der Waals surface area (Å²) in [5.74, 6) is -0.225. The maximum Gasteiger partial charge on any atom is 0.224 e. The molecule has 0 radical (unpaired) electrons. The third-order valence-corrected chi connectivity index (χ3v) is 6.22. The number of aromatic nitrogens is 1. The van der Waals surface area contributed by atoms with Crippen LogP contribution in [0.3, 0.4) is 0 Å². The van der Waals surface area contributed by atoms with Crippen LogP contribution in [0, 0.1) is 11.7 Å². The van der Waals surface area contributed by atoms with Crippen LogP contribution in [0.25, 0.3) is 10.2 Å². The molecule has 1 N–H and O–H groups in total. The Bertz CT molecular complexity index is 948. The second-order valence-electron chi connectivity index (χ2n) is 6.81. The molecule has 138 valence electrons. The minimum absolute atomic E-state index is 0.0277. The minimum Gasteiger partial charge on any atom is -0.355 e. The number of nitrogens with zero attached hydrogens (tertiary/aromatic N) is 1. The third kappa shape index (κ3) is 3.93. The van der Waals surface area contributed by atoms with Gasteiger partial charge in [-0.25, -0.2) is 9.37 Å². The molecule has 0 saturated heterocycles. The number of rotatable bonds is 5. The molecular weight excluding hydrogens is 359 g/mol. The summed E-state index contributed by atoms with van der Waals surface area (Å²) in [5.41, 5.74) is 1.62. The topological polar surface area (TPSA) is 42.0 Å². The number of halogens is 1. The normalized spacial score (nSPS) is 19.3. The number of carbonyl (C=O) groups excluding carboxylic acids is 1. The molecule has 2 unspecified atom stereocenters. The van der Waals surface area contributed by atoms with Gasteiger partial charge in [-0.1, -0.05) is 42.5 Å². The second kappa shape index (κ2) is 8.01. The standard InChI is InChI=1S/C22H21FN2OS/c23-18-10-4-1-7-15(18)13-14-24-21(26)16-8-2-3-9-17(16)22-25-19-11-5-6-12-20(19)27-22/h1-7,10-12,16-17H,8-9,13-14H2,(H,24,26). The van der Waals surface area contributed by atoms with Crippen molar-refractivity contribution in [2.75, 3.05) is 6.54 Å². The predicted octanol–water partition coefficient (Wildman–Crippen LogP) is 4.84. The summed E-state index contributed by atoms with van der Waals surface area (Å²) in [4.78, 5) is 17.6. The Kier molecular flexibility index (Phi) is 5.30. The highest BCUT2D eigenvalue weighted by atomic mass is 32.1. The molecule has 0 fully saturated rings. The van der Waals surface area contributed by atoms with Crippen LogP contribution in [-0.2, 0) is 11.2 Å². The number of hydrogen-bond acceptors (Lipinski definition) is 3. The van der Waals surface area contributed by atoms with E-state index < -0.39 is 0 Å². The number of hydrogen-bond donors (Lipinski definition) is 1. The minimum atomic E-state index is -0.222. The summed E-state index contributed by atoms with van der Waals surface area (Å²) in [6.07, 6.45) is 6.24. The molecular formula is C22H21FN2OS. The molecule has 5 heteroatoms. The first-order valence-electron chi connectivity index (χ1n) is 9.24. The number of thiazole rings is 1. The van der Waals surface area contributed by atoms with Gasteiger partial charge in [-0.05, 0) is 43.0 Å². The van der Waals surface area contributed by atoms with E-state index in [9.17, 15) is 9.18 Å². The zero-order chi connectivity index (χ0) is 18.6. The van der Waals surface area contributed by atoms with Crippen LogP contribution in [0.1, 0.15) is 29.3 Å². The van der Waals surface area contributed by atoms with Gasteiger partial charge in [0.15, 0.2) is 0 Å². The highest BCUT2D eigenvalue weighted by Gasteiger charge is 2.32. The van der Waals surface area contributed by atoms with E-state index in [1.807, 2.05) is 24.3 Å². The highest BCUT2D eigenvalue weighted by molar-refractivity contribution is 7.18. The van der Waals surface area contributed by atoms with Gasteiger partial charge in [-0.2, -0.15) is 0 Å². The molecule has 1 aliphatic rings. The smallest absolute Gasteiger partial charge is 0.224 e. The van der Waals surface area contributed by atoms with Gasteiger partial charge in [-0.15, -0.1) is 11.3 Å². The van der Waals surface area contributed by atoms with Gasteiger partial charge < -0.3 is 5.32 Å². The van der Waals surface area contributed by atoms with Crippen LogP contribution < -0.4 is 5.32 Å². The summed E-state index contributed by atoms with van der Waals surface area (Å²) in [6.45, 7) is 0.437. The van der Waals surface area contributed by atoms with E-state index in [2.05, 4.69) is 23.5 Å². The van der Waals surface area contributed by atoms with Crippen LogP contribution in [0.2, 0.25) is 0 Å². The molecule has 0 saturated carbocycles. The lowest BCUT2D eigenvalue weighted by Crippen LogP contribution is -2.36. The quantitative estimate of drug-likeness (QED) is 0.643. The molecule has 1 aromatic heterocycles. The van der Waals surface area contributed by atoms with Gasteiger partial charge in [0.25, 0.3) is 0 Å². The highest BCUT2D eigenvalue weighted by Crippen LogP contribution is 2.38. The summed E-state index contributed by atoms with van der Waals surface area (Å²) >= 11 is 1.67. The molecule has 1 aliphatic carbocycles. The lowest BCUT2D eigenvalue weighted by molar-refractivity contribution is -0.125. The summed E-state index contributed by atoms with van der Waals surface area (Å²) < 4.78 is 14.9. The van der Waals surface area contributed by atoms with Crippen LogP contribution in [0.4, 0.5) is 4.39 Å². The first-order valence-corrected chi connectivity index (χ1v) is 10.1. The van der Waals surface area contributed by atoms with Gasteiger partial charge in [-0.3, -0.25) is 4.79 Å². The summed E-state index contributed by atoms with van der Waals surface area (Å²) in [6, 6.07) is 14.8. The molecule has 27 heavy (non-hydrogen) atoms. The van der Waals surface area contributed by atoms with Gasteiger partial charge in [0.2, 0.25) is 5.91 Å². The first-order chi connectivity index (χ1) is 13.2. The number of benzene rings is 2. The third-order valence-electron chi connectivity index (χ3n) is 5.05. The fourth-order valence-corrected chi connectivity index (χ4v) is 4.72. The monoisotopic (exact) mass is 380 g/mol. The van der Waals surface area contributed by atoms with Crippen molar-refractivity contribution in [3.8, 4) is 0 Å². The Hall–Kier alpha value is -2.53.